The van der Waals surface area contributed by atoms with Crippen LogP contribution in [0, 0.1) is 0 Å². The van der Waals surface area contributed by atoms with Gasteiger partial charge in [-0.2, -0.15) is 0 Å². The fraction of sp³-hybridized carbons (Fsp3) is 0.467. The van der Waals surface area contributed by atoms with Gasteiger partial charge in [0, 0.05) is 11.6 Å². The number of nitrogens with one attached hydrogen (secondary N) is 1. The van der Waals surface area contributed by atoms with E-state index in [4.69, 9.17) is 11.6 Å². The molecular formula is C15H19ClN2O2. The molecule has 1 fully saturated rings. The van der Waals surface area contributed by atoms with E-state index in [2.05, 4.69) is 5.32 Å². The number of rotatable bonds is 4. The lowest BCUT2D eigenvalue weighted by Gasteiger charge is -2.38. The fourth-order valence-corrected chi connectivity index (χ4v) is 2.61. The molecule has 0 radical (unpaired) electrons. The molecule has 2 rings (SSSR count). The molecule has 108 valence electrons. The molecule has 1 heterocycles. The van der Waals surface area contributed by atoms with Crippen molar-refractivity contribution in [3.05, 3.63) is 34.9 Å². The number of halogens is 1. The molecule has 2 amide bonds. The molecule has 20 heavy (non-hydrogen) atoms. The monoisotopic (exact) mass is 294 g/mol. The number of hydrogen-bond donors (Lipinski definition) is 1. The maximum absolute atomic E-state index is 12.4. The fourth-order valence-electron chi connectivity index (χ4n) is 2.48. The number of carbonyl (C=O) groups excluding carboxylic acids is 2. The average molecular weight is 295 g/mol. The molecule has 1 aromatic carbocycles. The first kappa shape index (κ1) is 14.9. The largest absolute Gasteiger partial charge is 0.343 e. The van der Waals surface area contributed by atoms with Gasteiger partial charge in [-0.1, -0.05) is 37.6 Å². The summed E-state index contributed by atoms with van der Waals surface area (Å²) in [7, 11) is 0. The third-order valence-electron chi connectivity index (χ3n) is 3.64. The van der Waals surface area contributed by atoms with Crippen LogP contribution in [0.25, 0.3) is 0 Å². The van der Waals surface area contributed by atoms with Gasteiger partial charge in [0.2, 0.25) is 11.8 Å². The van der Waals surface area contributed by atoms with Crippen molar-refractivity contribution in [2.24, 2.45) is 0 Å². The quantitative estimate of drug-likeness (QED) is 0.927. The highest BCUT2D eigenvalue weighted by Gasteiger charge is 2.38. The Morgan fingerprint density at radius 1 is 1.15 bits per heavy atom. The van der Waals surface area contributed by atoms with Gasteiger partial charge < -0.3 is 10.2 Å². The van der Waals surface area contributed by atoms with Gasteiger partial charge in [0.05, 0.1) is 0 Å². The highest BCUT2D eigenvalue weighted by Crippen LogP contribution is 2.19. The minimum absolute atomic E-state index is 0.00565. The smallest absolute Gasteiger partial charge is 0.246 e. The molecule has 1 aliphatic heterocycles. The molecule has 1 N–H and O–H groups in total. The van der Waals surface area contributed by atoms with Gasteiger partial charge in [-0.15, -0.1) is 0 Å². The minimum Gasteiger partial charge on any atom is -0.343 e. The molecule has 0 aromatic heterocycles. The van der Waals surface area contributed by atoms with Crippen molar-refractivity contribution in [1.82, 2.24) is 10.2 Å². The number of hydrogen-bond acceptors (Lipinski definition) is 2. The second-order valence-electron chi connectivity index (χ2n) is 4.99. The van der Waals surface area contributed by atoms with Crippen molar-refractivity contribution in [1.29, 1.82) is 0 Å². The number of benzene rings is 1. The van der Waals surface area contributed by atoms with Crippen molar-refractivity contribution < 1.29 is 9.59 Å². The van der Waals surface area contributed by atoms with Crippen LogP contribution < -0.4 is 5.32 Å². The van der Waals surface area contributed by atoms with Crippen LogP contribution in [0.2, 0.25) is 5.02 Å². The molecule has 5 heteroatoms. The van der Waals surface area contributed by atoms with Gasteiger partial charge in [0.25, 0.3) is 0 Å². The predicted molar refractivity (Wildman–Crippen MR) is 78.3 cm³/mol. The van der Waals surface area contributed by atoms with E-state index in [0.717, 1.165) is 5.56 Å². The Hall–Kier alpha value is -1.55. The van der Waals surface area contributed by atoms with E-state index < -0.39 is 6.04 Å². The Labute approximate surface area is 124 Å². The molecule has 0 aliphatic carbocycles. The van der Waals surface area contributed by atoms with E-state index in [1.165, 1.54) is 0 Å². The Kier molecular flexibility index (Phi) is 4.65. The van der Waals surface area contributed by atoms with Crippen LogP contribution in [0.3, 0.4) is 0 Å². The second-order valence-corrected chi connectivity index (χ2v) is 5.42. The number of piperazine rings is 1. The first-order chi connectivity index (χ1) is 9.56. The van der Waals surface area contributed by atoms with E-state index in [9.17, 15) is 9.59 Å². The van der Waals surface area contributed by atoms with Crippen LogP contribution in [-0.4, -0.2) is 28.8 Å². The third-order valence-corrected chi connectivity index (χ3v) is 3.89. The molecule has 1 saturated heterocycles. The van der Waals surface area contributed by atoms with E-state index in [-0.39, 0.29) is 17.9 Å². The highest BCUT2D eigenvalue weighted by molar-refractivity contribution is 6.30. The highest BCUT2D eigenvalue weighted by atomic mass is 35.5. The summed E-state index contributed by atoms with van der Waals surface area (Å²) in [6, 6.07) is 6.57. The van der Waals surface area contributed by atoms with Gasteiger partial charge in [-0.05, 0) is 30.5 Å². The summed E-state index contributed by atoms with van der Waals surface area (Å²) in [5.74, 6) is -0.0678. The van der Waals surface area contributed by atoms with Crippen LogP contribution in [-0.2, 0) is 16.1 Å². The lowest BCUT2D eigenvalue weighted by Crippen LogP contribution is -2.62. The zero-order valence-corrected chi connectivity index (χ0v) is 12.5. The number of amides is 2. The maximum Gasteiger partial charge on any atom is 0.246 e. The zero-order valence-electron chi connectivity index (χ0n) is 11.7. The van der Waals surface area contributed by atoms with Gasteiger partial charge in [-0.3, -0.25) is 9.59 Å². The molecule has 0 saturated carbocycles. The summed E-state index contributed by atoms with van der Waals surface area (Å²) in [5, 5.41) is 3.45. The summed E-state index contributed by atoms with van der Waals surface area (Å²) >= 11 is 5.86. The Morgan fingerprint density at radius 2 is 1.80 bits per heavy atom. The lowest BCUT2D eigenvalue weighted by atomic mass is 10.0. The van der Waals surface area contributed by atoms with Crippen LogP contribution >= 0.6 is 11.6 Å². The molecule has 2 unspecified atom stereocenters. The average Bonchev–Trinajstić information content (AvgIpc) is 2.45. The third kappa shape index (κ3) is 2.96. The predicted octanol–water partition coefficient (Wildman–Crippen LogP) is 2.36. The molecule has 0 spiro atoms. The first-order valence-electron chi connectivity index (χ1n) is 6.92. The zero-order chi connectivity index (χ0) is 14.7. The SMILES string of the molecule is CCC1NC(=O)C(CC)N(Cc2ccc(Cl)cc2)C1=O. The molecule has 2 atom stereocenters. The minimum atomic E-state index is -0.405. The molecule has 4 nitrogen and oxygen atoms in total. The second kappa shape index (κ2) is 6.27. The molecule has 1 aliphatic rings. The topological polar surface area (TPSA) is 49.4 Å². The van der Waals surface area contributed by atoms with Crippen molar-refractivity contribution in [2.75, 3.05) is 0 Å². The van der Waals surface area contributed by atoms with Crippen molar-refractivity contribution >= 4 is 23.4 Å². The maximum atomic E-state index is 12.4. The van der Waals surface area contributed by atoms with Crippen LogP contribution in [0.5, 0.6) is 0 Å². The van der Waals surface area contributed by atoms with E-state index in [1.807, 2.05) is 26.0 Å². The summed E-state index contributed by atoms with van der Waals surface area (Å²) < 4.78 is 0. The summed E-state index contributed by atoms with van der Waals surface area (Å²) in [4.78, 5) is 26.2. The van der Waals surface area contributed by atoms with Crippen LogP contribution in [0.15, 0.2) is 24.3 Å². The summed E-state index contributed by atoms with van der Waals surface area (Å²) in [6.07, 6.45) is 1.22. The Bertz CT molecular complexity index is 501. The van der Waals surface area contributed by atoms with Gasteiger partial charge in [0.1, 0.15) is 12.1 Å². The molecule has 0 bridgehead atoms. The number of nitrogens with zero attached hydrogens (tertiary/aromatic N) is 1. The van der Waals surface area contributed by atoms with Gasteiger partial charge in [0.15, 0.2) is 0 Å². The van der Waals surface area contributed by atoms with Crippen molar-refractivity contribution in [3.63, 3.8) is 0 Å². The van der Waals surface area contributed by atoms with Crippen molar-refractivity contribution in [3.8, 4) is 0 Å². The molecule has 1 aromatic rings. The number of carbonyl (C=O) groups is 2. The van der Waals surface area contributed by atoms with Crippen LogP contribution in [0.1, 0.15) is 32.3 Å². The van der Waals surface area contributed by atoms with E-state index >= 15 is 0 Å². The standard InChI is InChI=1S/C15H19ClN2O2/c1-3-12-15(20)18(13(4-2)14(19)17-12)9-10-5-7-11(16)8-6-10/h5-8,12-13H,3-4,9H2,1-2H3,(H,17,19). The molecular weight excluding hydrogens is 276 g/mol. The summed E-state index contributed by atoms with van der Waals surface area (Å²) in [6.45, 7) is 4.26. The van der Waals surface area contributed by atoms with Gasteiger partial charge >= 0.3 is 0 Å². The van der Waals surface area contributed by atoms with E-state index in [0.29, 0.717) is 24.4 Å². The Morgan fingerprint density at radius 3 is 2.35 bits per heavy atom. The Balaban J connectivity index is 2.22. The lowest BCUT2D eigenvalue weighted by molar-refractivity contribution is -0.150. The van der Waals surface area contributed by atoms with Crippen LogP contribution in [0.4, 0.5) is 0 Å². The first-order valence-corrected chi connectivity index (χ1v) is 7.29. The van der Waals surface area contributed by atoms with E-state index in [1.54, 1.807) is 17.0 Å². The normalized spacial score (nSPS) is 22.9. The van der Waals surface area contributed by atoms with Crippen molar-refractivity contribution in [2.45, 2.75) is 45.3 Å². The summed E-state index contributed by atoms with van der Waals surface area (Å²) in [5.41, 5.74) is 0.978. The van der Waals surface area contributed by atoms with Gasteiger partial charge in [-0.25, -0.2) is 0 Å².